The Morgan fingerprint density at radius 2 is 2.19 bits per heavy atom. The monoisotopic (exact) mass is 373 g/mol. The van der Waals surface area contributed by atoms with E-state index >= 15 is 4.39 Å². The van der Waals surface area contributed by atoms with Gasteiger partial charge in [0.15, 0.2) is 11.9 Å². The highest BCUT2D eigenvalue weighted by Gasteiger charge is 2.47. The van der Waals surface area contributed by atoms with E-state index in [4.69, 9.17) is 9.26 Å². The zero-order valence-corrected chi connectivity index (χ0v) is 15.9. The summed E-state index contributed by atoms with van der Waals surface area (Å²) in [6, 6.07) is 5.73. The molecule has 144 valence electrons. The molecule has 1 aromatic heterocycles. The number of ether oxygens (including phenoxy) is 1. The van der Waals surface area contributed by atoms with Gasteiger partial charge >= 0.3 is 0 Å². The molecule has 2 atom stereocenters. The van der Waals surface area contributed by atoms with Gasteiger partial charge in [0.25, 0.3) is 11.8 Å². The molecule has 1 amide bonds. The van der Waals surface area contributed by atoms with Gasteiger partial charge in [-0.2, -0.15) is 4.98 Å². The van der Waals surface area contributed by atoms with Crippen LogP contribution in [0.15, 0.2) is 22.7 Å². The van der Waals surface area contributed by atoms with Crippen molar-refractivity contribution in [2.75, 3.05) is 13.1 Å². The number of benzene rings is 1. The first-order valence-electron chi connectivity index (χ1n) is 9.42. The minimum absolute atomic E-state index is 0.0113. The highest BCUT2D eigenvalue weighted by atomic mass is 19.1. The largest absolute Gasteiger partial charge is 0.481 e. The van der Waals surface area contributed by atoms with Gasteiger partial charge in [0.2, 0.25) is 5.67 Å². The summed E-state index contributed by atoms with van der Waals surface area (Å²) in [5, 5.41) is 3.89. The molecule has 2 aromatic rings. The van der Waals surface area contributed by atoms with Crippen LogP contribution < -0.4 is 4.74 Å². The summed E-state index contributed by atoms with van der Waals surface area (Å²) in [5.41, 5.74) is 0.310. The number of carbonyl (C=O) groups excluding carboxylic acids is 1. The molecular formula is C20H24FN3O3. The first kappa shape index (κ1) is 17.9. The molecule has 1 saturated heterocycles. The van der Waals surface area contributed by atoms with Crippen molar-refractivity contribution in [2.45, 2.75) is 57.7 Å². The second-order valence-electron chi connectivity index (χ2n) is 7.67. The third kappa shape index (κ3) is 3.42. The third-order valence-electron chi connectivity index (χ3n) is 5.51. The molecule has 2 heterocycles. The van der Waals surface area contributed by atoms with Crippen LogP contribution in [0.2, 0.25) is 0 Å². The molecule has 7 heteroatoms. The number of aryl methyl sites for hydroxylation is 1. The Bertz CT molecular complexity index is 864. The van der Waals surface area contributed by atoms with Gasteiger partial charge in [-0.1, -0.05) is 17.3 Å². The number of hydrogen-bond donors (Lipinski definition) is 0. The normalized spacial score (nSPS) is 23.5. The van der Waals surface area contributed by atoms with Gasteiger partial charge in [-0.05, 0) is 50.8 Å². The molecule has 2 fully saturated rings. The van der Waals surface area contributed by atoms with Crippen molar-refractivity contribution in [3.63, 3.8) is 0 Å². The first-order chi connectivity index (χ1) is 12.9. The molecule has 1 saturated carbocycles. The van der Waals surface area contributed by atoms with Gasteiger partial charge in [-0.3, -0.25) is 4.79 Å². The minimum Gasteiger partial charge on any atom is -0.481 e. The van der Waals surface area contributed by atoms with E-state index in [0.29, 0.717) is 24.0 Å². The zero-order chi connectivity index (χ0) is 19.2. The lowest BCUT2D eigenvalue weighted by molar-refractivity contribution is -0.137. The van der Waals surface area contributed by atoms with Crippen LogP contribution >= 0.6 is 0 Å². The topological polar surface area (TPSA) is 68.5 Å². The van der Waals surface area contributed by atoms with E-state index in [1.54, 1.807) is 6.92 Å². The Kier molecular flexibility index (Phi) is 4.40. The summed E-state index contributed by atoms with van der Waals surface area (Å²) in [6.45, 7) is 5.86. The number of hydrogen-bond acceptors (Lipinski definition) is 5. The van der Waals surface area contributed by atoms with E-state index in [1.165, 1.54) is 4.90 Å². The molecule has 0 radical (unpaired) electrons. The second-order valence-corrected chi connectivity index (χ2v) is 7.67. The Morgan fingerprint density at radius 1 is 1.41 bits per heavy atom. The van der Waals surface area contributed by atoms with E-state index in [9.17, 15) is 4.79 Å². The first-order valence-corrected chi connectivity index (χ1v) is 9.42. The Balaban J connectivity index is 1.42. The standard InChI is InChI=1S/C20H24FN3O3/c1-12-5-4-6-16(13(12)2)26-14(3)18(25)24-10-9-20(21,11-24)19-22-17(23-27-19)15-7-8-15/h4-6,14-15H,7-11H2,1-3H3. The fourth-order valence-electron chi connectivity index (χ4n) is 3.41. The number of carbonyl (C=O) groups is 1. The van der Waals surface area contributed by atoms with Gasteiger partial charge in [-0.15, -0.1) is 0 Å². The summed E-state index contributed by atoms with van der Waals surface area (Å²) >= 11 is 0. The average molecular weight is 373 g/mol. The maximum absolute atomic E-state index is 15.3. The molecule has 1 aromatic carbocycles. The number of likely N-dealkylation sites (tertiary alicyclic amines) is 1. The van der Waals surface area contributed by atoms with Gasteiger partial charge in [0.1, 0.15) is 5.75 Å². The highest BCUT2D eigenvalue weighted by Crippen LogP contribution is 2.41. The van der Waals surface area contributed by atoms with E-state index in [1.807, 2.05) is 32.0 Å². The molecule has 1 aliphatic carbocycles. The Morgan fingerprint density at radius 3 is 2.93 bits per heavy atom. The van der Waals surface area contributed by atoms with Crippen molar-refractivity contribution in [1.82, 2.24) is 15.0 Å². The van der Waals surface area contributed by atoms with Crippen molar-refractivity contribution in [3.05, 3.63) is 41.0 Å². The van der Waals surface area contributed by atoms with Crippen LogP contribution in [0, 0.1) is 13.8 Å². The average Bonchev–Trinajstić information content (AvgIpc) is 3.22. The fourth-order valence-corrected chi connectivity index (χ4v) is 3.41. The lowest BCUT2D eigenvalue weighted by Gasteiger charge is -2.23. The maximum Gasteiger partial charge on any atom is 0.266 e. The van der Waals surface area contributed by atoms with Crippen molar-refractivity contribution >= 4 is 5.91 Å². The molecular weight excluding hydrogens is 349 g/mol. The quantitative estimate of drug-likeness (QED) is 0.803. The van der Waals surface area contributed by atoms with Crippen molar-refractivity contribution in [3.8, 4) is 5.75 Å². The van der Waals surface area contributed by atoms with Gasteiger partial charge in [-0.25, -0.2) is 4.39 Å². The molecule has 2 unspecified atom stereocenters. The van der Waals surface area contributed by atoms with Crippen molar-refractivity contribution in [2.24, 2.45) is 0 Å². The smallest absolute Gasteiger partial charge is 0.266 e. The van der Waals surface area contributed by atoms with E-state index in [-0.39, 0.29) is 24.8 Å². The van der Waals surface area contributed by atoms with E-state index < -0.39 is 11.8 Å². The number of amides is 1. The molecule has 4 rings (SSSR count). The number of halogens is 1. The SMILES string of the molecule is Cc1cccc(OC(C)C(=O)N2CCC(F)(c3nc(C4CC4)no3)C2)c1C. The maximum atomic E-state index is 15.3. The van der Waals surface area contributed by atoms with Gasteiger partial charge < -0.3 is 14.2 Å². The van der Waals surface area contributed by atoms with Crippen LogP contribution in [0.25, 0.3) is 0 Å². The molecule has 27 heavy (non-hydrogen) atoms. The van der Waals surface area contributed by atoms with Gasteiger partial charge in [0.05, 0.1) is 6.54 Å². The molecule has 2 aliphatic rings. The predicted octanol–water partition coefficient (Wildman–Crippen LogP) is 3.43. The zero-order valence-electron chi connectivity index (χ0n) is 15.9. The summed E-state index contributed by atoms with van der Waals surface area (Å²) < 4.78 is 26.3. The number of rotatable bonds is 5. The van der Waals surface area contributed by atoms with Crippen molar-refractivity contribution in [1.29, 1.82) is 0 Å². The summed E-state index contributed by atoms with van der Waals surface area (Å²) in [4.78, 5) is 18.5. The molecule has 0 spiro atoms. The predicted molar refractivity (Wildman–Crippen MR) is 96.3 cm³/mol. The highest BCUT2D eigenvalue weighted by molar-refractivity contribution is 5.81. The van der Waals surface area contributed by atoms with E-state index in [0.717, 1.165) is 24.0 Å². The molecule has 1 aliphatic heterocycles. The minimum atomic E-state index is -1.78. The molecule has 0 bridgehead atoms. The number of alkyl halides is 1. The van der Waals surface area contributed by atoms with Crippen LogP contribution in [0.1, 0.15) is 54.9 Å². The number of aromatic nitrogens is 2. The lowest BCUT2D eigenvalue weighted by Crippen LogP contribution is -2.40. The fraction of sp³-hybridized carbons (Fsp3) is 0.550. The van der Waals surface area contributed by atoms with E-state index in [2.05, 4.69) is 10.1 Å². The Labute approximate surface area is 157 Å². The third-order valence-corrected chi connectivity index (χ3v) is 5.51. The van der Waals surface area contributed by atoms with Crippen LogP contribution in [-0.2, 0) is 10.5 Å². The molecule has 6 nitrogen and oxygen atoms in total. The van der Waals surface area contributed by atoms with Gasteiger partial charge in [0, 0.05) is 18.9 Å². The van der Waals surface area contributed by atoms with Crippen LogP contribution in [0.4, 0.5) is 4.39 Å². The second kappa shape index (κ2) is 6.62. The Hall–Kier alpha value is -2.44. The van der Waals surface area contributed by atoms with Crippen molar-refractivity contribution < 1.29 is 18.4 Å². The van der Waals surface area contributed by atoms with Crippen LogP contribution in [-0.4, -0.2) is 40.1 Å². The lowest BCUT2D eigenvalue weighted by atomic mass is 10.1. The molecule has 0 N–H and O–H groups in total. The summed E-state index contributed by atoms with van der Waals surface area (Å²) in [6.07, 6.45) is 1.51. The summed E-state index contributed by atoms with van der Waals surface area (Å²) in [7, 11) is 0. The summed E-state index contributed by atoms with van der Waals surface area (Å²) in [5.74, 6) is 1.31. The van der Waals surface area contributed by atoms with Crippen LogP contribution in [0.3, 0.4) is 0 Å². The van der Waals surface area contributed by atoms with Crippen LogP contribution in [0.5, 0.6) is 5.75 Å². The number of nitrogens with zero attached hydrogens (tertiary/aromatic N) is 3.